The third-order valence-corrected chi connectivity index (χ3v) is 2.36. The van der Waals surface area contributed by atoms with E-state index in [0.29, 0.717) is 0 Å². The first-order valence-electron chi connectivity index (χ1n) is 4.08. The maximum atomic E-state index is 13.1. The molecule has 1 aromatic rings. The summed E-state index contributed by atoms with van der Waals surface area (Å²) in [6.45, 7) is 0. The number of hydrogen-bond donors (Lipinski definition) is 2. The summed E-state index contributed by atoms with van der Waals surface area (Å²) in [5.74, 6) is -6.37. The smallest absolute Gasteiger partial charge is 0.376 e. The minimum absolute atomic E-state index is 0.110. The van der Waals surface area contributed by atoms with E-state index in [1.807, 2.05) is 0 Å². The van der Waals surface area contributed by atoms with Crippen LogP contribution in [-0.2, 0) is 4.79 Å². The molecule has 16 heavy (non-hydrogen) atoms. The van der Waals surface area contributed by atoms with E-state index in [1.54, 1.807) is 0 Å². The average Bonchev–Trinajstić information content (AvgIpc) is 2.14. The van der Waals surface area contributed by atoms with E-state index in [2.05, 4.69) is 0 Å². The van der Waals surface area contributed by atoms with Gasteiger partial charge in [0.25, 0.3) is 0 Å². The second-order valence-electron chi connectivity index (χ2n) is 3.11. The maximum Gasteiger partial charge on any atom is 0.376 e. The van der Waals surface area contributed by atoms with Crippen molar-refractivity contribution in [3.63, 3.8) is 0 Å². The van der Waals surface area contributed by atoms with Gasteiger partial charge in [0.2, 0.25) is 0 Å². The maximum absolute atomic E-state index is 13.1. The summed E-state index contributed by atoms with van der Waals surface area (Å²) in [6, 6.07) is 1.63. The second-order valence-corrected chi connectivity index (χ2v) is 3.98. The number of hydrogen-bond acceptors (Lipinski definition) is 2. The Hall–Kier alpha value is -0.910. The fraction of sp³-hybridized carbons (Fsp3) is 0.222. The Bertz CT molecular complexity index is 406. The molecule has 1 aromatic carbocycles. The van der Waals surface area contributed by atoms with Crippen molar-refractivity contribution in [1.29, 1.82) is 0 Å². The Kier molecular flexibility index (Phi) is 3.72. The van der Waals surface area contributed by atoms with Gasteiger partial charge in [0.15, 0.2) is 0 Å². The first-order chi connectivity index (χ1) is 7.25. The van der Waals surface area contributed by atoms with Crippen molar-refractivity contribution in [3.8, 4) is 0 Å². The quantitative estimate of drug-likeness (QED) is 0.887. The molecule has 0 amide bonds. The summed E-state index contributed by atoms with van der Waals surface area (Å²) in [5, 5.41) is 8.54. The van der Waals surface area contributed by atoms with Crippen LogP contribution in [0, 0.1) is 0 Å². The molecule has 3 nitrogen and oxygen atoms in total. The van der Waals surface area contributed by atoms with Crippen LogP contribution < -0.4 is 5.73 Å². The lowest BCUT2D eigenvalue weighted by Crippen LogP contribution is -2.40. The second kappa shape index (κ2) is 4.53. The van der Waals surface area contributed by atoms with Gasteiger partial charge in [0.05, 0.1) is 0 Å². The van der Waals surface area contributed by atoms with Crippen molar-refractivity contribution in [1.82, 2.24) is 0 Å². The van der Waals surface area contributed by atoms with Crippen molar-refractivity contribution >= 4 is 29.2 Å². The first kappa shape index (κ1) is 13.2. The number of aliphatic carboxylic acids is 1. The molecule has 0 saturated carbocycles. The highest BCUT2D eigenvalue weighted by molar-refractivity contribution is 6.34. The normalized spacial score (nSPS) is 13.6. The largest absolute Gasteiger partial charge is 0.477 e. The van der Waals surface area contributed by atoms with Crippen LogP contribution in [0.3, 0.4) is 0 Å². The first-order valence-corrected chi connectivity index (χ1v) is 4.83. The van der Waals surface area contributed by atoms with E-state index in [1.165, 1.54) is 6.07 Å². The van der Waals surface area contributed by atoms with Crippen molar-refractivity contribution < 1.29 is 18.7 Å². The Morgan fingerprint density at radius 2 is 1.75 bits per heavy atom. The Balaban J connectivity index is 3.14. The highest BCUT2D eigenvalue weighted by Gasteiger charge is 2.46. The highest BCUT2D eigenvalue weighted by atomic mass is 35.5. The van der Waals surface area contributed by atoms with Gasteiger partial charge in [-0.3, -0.25) is 0 Å². The molecular weight excluding hydrogens is 263 g/mol. The van der Waals surface area contributed by atoms with Crippen LogP contribution in [0.1, 0.15) is 11.6 Å². The van der Waals surface area contributed by atoms with Crippen LogP contribution in [0.25, 0.3) is 0 Å². The topological polar surface area (TPSA) is 63.3 Å². The minimum Gasteiger partial charge on any atom is -0.477 e. The number of rotatable bonds is 3. The minimum atomic E-state index is -4.08. The molecule has 0 spiro atoms. The van der Waals surface area contributed by atoms with Gasteiger partial charge in [-0.1, -0.05) is 23.2 Å². The molecule has 0 aliphatic heterocycles. The number of nitrogens with two attached hydrogens (primary N) is 1. The zero-order valence-electron chi connectivity index (χ0n) is 7.75. The number of benzene rings is 1. The lowest BCUT2D eigenvalue weighted by Gasteiger charge is -2.19. The SMILES string of the molecule is NC(c1cc(Cl)cc(Cl)c1)C(F)(F)C(=O)O. The van der Waals surface area contributed by atoms with Crippen molar-refractivity contribution in [3.05, 3.63) is 33.8 Å². The molecule has 0 heterocycles. The number of carbonyl (C=O) groups is 1. The fourth-order valence-electron chi connectivity index (χ4n) is 1.10. The van der Waals surface area contributed by atoms with E-state index >= 15 is 0 Å². The number of carboxylic acids is 1. The Morgan fingerprint density at radius 3 is 2.12 bits per heavy atom. The molecule has 7 heteroatoms. The molecule has 0 aliphatic carbocycles. The summed E-state index contributed by atoms with van der Waals surface area (Å²) >= 11 is 11.2. The van der Waals surface area contributed by atoms with Gasteiger partial charge in [-0.05, 0) is 23.8 Å². The van der Waals surface area contributed by atoms with Crippen molar-refractivity contribution in [2.24, 2.45) is 5.73 Å². The van der Waals surface area contributed by atoms with Gasteiger partial charge >= 0.3 is 11.9 Å². The van der Waals surface area contributed by atoms with Crippen molar-refractivity contribution in [2.75, 3.05) is 0 Å². The third kappa shape index (κ3) is 2.61. The highest BCUT2D eigenvalue weighted by Crippen LogP contribution is 2.32. The molecule has 1 atom stereocenters. The van der Waals surface area contributed by atoms with Gasteiger partial charge in [-0.2, -0.15) is 8.78 Å². The molecule has 0 fully saturated rings. The summed E-state index contributed by atoms with van der Waals surface area (Å²) in [6.07, 6.45) is 0. The lowest BCUT2D eigenvalue weighted by molar-refractivity contribution is -0.168. The van der Waals surface area contributed by atoms with Gasteiger partial charge in [-0.25, -0.2) is 4.79 Å². The predicted octanol–water partition coefficient (Wildman–Crippen LogP) is 2.71. The van der Waals surface area contributed by atoms with Crippen molar-refractivity contribution in [2.45, 2.75) is 12.0 Å². The Labute approximate surface area is 99.8 Å². The zero-order chi connectivity index (χ0) is 12.5. The molecule has 1 unspecified atom stereocenters. The molecular formula is C9H7Cl2F2NO2. The van der Waals surface area contributed by atoms with E-state index in [4.69, 9.17) is 34.0 Å². The summed E-state index contributed by atoms with van der Waals surface area (Å²) < 4.78 is 26.2. The molecule has 0 bridgehead atoms. The van der Waals surface area contributed by atoms with Crippen LogP contribution in [0.5, 0.6) is 0 Å². The van der Waals surface area contributed by atoms with E-state index in [0.717, 1.165) is 12.1 Å². The monoisotopic (exact) mass is 269 g/mol. The van der Waals surface area contributed by atoms with E-state index in [-0.39, 0.29) is 15.6 Å². The van der Waals surface area contributed by atoms with Gasteiger partial charge < -0.3 is 10.8 Å². The molecule has 0 radical (unpaired) electrons. The summed E-state index contributed by atoms with van der Waals surface area (Å²) in [4.78, 5) is 10.3. The molecule has 3 N–H and O–H groups in total. The van der Waals surface area contributed by atoms with Crippen LogP contribution in [0.15, 0.2) is 18.2 Å². The summed E-state index contributed by atoms with van der Waals surface area (Å²) in [5.41, 5.74) is 5.03. The van der Waals surface area contributed by atoms with E-state index < -0.39 is 17.9 Å². The molecule has 0 aromatic heterocycles. The number of halogens is 4. The third-order valence-electron chi connectivity index (χ3n) is 1.92. The Morgan fingerprint density at radius 1 is 1.31 bits per heavy atom. The molecule has 1 rings (SSSR count). The zero-order valence-corrected chi connectivity index (χ0v) is 9.27. The van der Waals surface area contributed by atoms with Crippen LogP contribution in [0.4, 0.5) is 8.78 Å². The molecule has 0 aliphatic rings. The molecule has 0 saturated heterocycles. The molecule has 88 valence electrons. The van der Waals surface area contributed by atoms with Gasteiger partial charge in [-0.15, -0.1) is 0 Å². The standard InChI is InChI=1S/C9H7Cl2F2NO2/c10-5-1-4(2-6(11)3-5)7(14)9(12,13)8(15)16/h1-3,7H,14H2,(H,15,16). The number of carboxylic acid groups (broad SMARTS) is 1. The fourth-order valence-corrected chi connectivity index (χ4v) is 1.64. The van der Waals surface area contributed by atoms with E-state index in [9.17, 15) is 13.6 Å². The van der Waals surface area contributed by atoms with Crippen LogP contribution in [0.2, 0.25) is 10.0 Å². The van der Waals surface area contributed by atoms with Crippen LogP contribution >= 0.6 is 23.2 Å². The predicted molar refractivity (Wildman–Crippen MR) is 56.0 cm³/mol. The number of alkyl halides is 2. The lowest BCUT2D eigenvalue weighted by atomic mass is 10.0. The van der Waals surface area contributed by atoms with Gasteiger partial charge in [0, 0.05) is 10.0 Å². The van der Waals surface area contributed by atoms with Gasteiger partial charge in [0.1, 0.15) is 6.04 Å². The van der Waals surface area contributed by atoms with Crippen LogP contribution in [-0.4, -0.2) is 17.0 Å². The summed E-state index contributed by atoms with van der Waals surface area (Å²) in [7, 11) is 0. The average molecular weight is 270 g/mol.